The Labute approximate surface area is 247 Å². The molecule has 0 heterocycles. The van der Waals surface area contributed by atoms with Gasteiger partial charge in [-0.25, -0.2) is 0 Å². The molecule has 0 atom stereocenters. The quantitative estimate of drug-likeness (QED) is 0.102. The maximum atomic E-state index is 13.0. The monoisotopic (exact) mass is 597 g/mol. The second-order valence-electron chi connectivity index (χ2n) is 9.00. The summed E-state index contributed by atoms with van der Waals surface area (Å²) in [5.41, 5.74) is 3.18. The number of fused-ring (bicyclic) bond motifs is 1. The first kappa shape index (κ1) is 30.6. The molecule has 0 fully saturated rings. The summed E-state index contributed by atoms with van der Waals surface area (Å²) >= 11 is 0. The van der Waals surface area contributed by atoms with Gasteiger partial charge in [0.15, 0.2) is 0 Å². The number of carbonyl (C=O) groups is 2. The lowest BCUT2D eigenvalue weighted by atomic mass is 10.0. The number of nitrogens with one attached hydrogen (secondary N) is 2. The van der Waals surface area contributed by atoms with Crippen LogP contribution in [0.25, 0.3) is 21.9 Å². The Morgan fingerprint density at radius 3 is 1.70 bits per heavy atom. The average Bonchev–Trinajstić information content (AvgIpc) is 3.02. The minimum atomic E-state index is -4.44. The third-order valence-electron chi connectivity index (χ3n) is 6.37. The van der Waals surface area contributed by atoms with Crippen molar-refractivity contribution in [3.63, 3.8) is 0 Å². The highest BCUT2D eigenvalue weighted by molar-refractivity contribution is 7.86. The van der Waals surface area contributed by atoms with Crippen LogP contribution in [0.4, 0.5) is 17.1 Å². The van der Waals surface area contributed by atoms with Crippen LogP contribution in [0.15, 0.2) is 114 Å². The predicted molar refractivity (Wildman–Crippen MR) is 166 cm³/mol. The van der Waals surface area contributed by atoms with Crippen molar-refractivity contribution in [3.05, 3.63) is 130 Å². The fourth-order valence-electron chi connectivity index (χ4n) is 4.30. The third-order valence-corrected chi connectivity index (χ3v) is 7.29. The first-order chi connectivity index (χ1) is 20.6. The smallest absolute Gasteiger partial charge is 0.295 e. The lowest BCUT2D eigenvalue weighted by molar-refractivity contribution is -0.384. The Kier molecular flexibility index (Phi) is 9.29. The molecule has 5 aromatic carbocycles. The van der Waals surface area contributed by atoms with Crippen LogP contribution >= 0.6 is 0 Å². The van der Waals surface area contributed by atoms with Crippen LogP contribution in [0.5, 0.6) is 0 Å². The second kappa shape index (κ2) is 13.1. The molecule has 0 saturated heterocycles. The first-order valence-electron chi connectivity index (χ1n) is 13.2. The van der Waals surface area contributed by atoms with Crippen molar-refractivity contribution in [3.8, 4) is 11.1 Å². The lowest BCUT2D eigenvalue weighted by Crippen LogP contribution is -2.12. The number of nitrogens with zero attached hydrogens (tertiary/aromatic N) is 1. The van der Waals surface area contributed by atoms with E-state index in [1.165, 1.54) is 36.4 Å². The minimum absolute atomic E-state index is 0.0998. The summed E-state index contributed by atoms with van der Waals surface area (Å²) in [6.07, 6.45) is 0. The number of anilines is 2. The molecule has 0 aliphatic rings. The van der Waals surface area contributed by atoms with Gasteiger partial charge in [-0.05, 0) is 59.7 Å². The molecular weight excluding hydrogens is 570 g/mol. The van der Waals surface area contributed by atoms with Crippen LogP contribution in [0.3, 0.4) is 0 Å². The Morgan fingerprint density at radius 1 is 0.674 bits per heavy atom. The molecule has 0 saturated carbocycles. The highest BCUT2D eigenvalue weighted by Gasteiger charge is 2.17. The molecule has 10 nitrogen and oxygen atoms in total. The molecule has 2 amide bonds. The molecule has 0 aliphatic carbocycles. The Hall–Kier alpha value is -5.39. The summed E-state index contributed by atoms with van der Waals surface area (Å²) in [4.78, 5) is 35.4. The van der Waals surface area contributed by atoms with Crippen LogP contribution in [0, 0.1) is 10.1 Å². The van der Waals surface area contributed by atoms with E-state index in [4.69, 9.17) is 0 Å². The molecule has 3 N–H and O–H groups in total. The maximum absolute atomic E-state index is 13.0. The molecule has 0 spiro atoms. The second-order valence-corrected chi connectivity index (χ2v) is 10.4. The molecule has 43 heavy (non-hydrogen) atoms. The highest BCUT2D eigenvalue weighted by Crippen LogP contribution is 2.30. The van der Waals surface area contributed by atoms with Gasteiger partial charge in [-0.3, -0.25) is 24.3 Å². The molecule has 5 rings (SSSR count). The largest absolute Gasteiger partial charge is 0.322 e. The molecule has 11 heteroatoms. The molecule has 0 unspecified atom stereocenters. The van der Waals surface area contributed by atoms with Crippen molar-refractivity contribution in [2.75, 3.05) is 10.6 Å². The van der Waals surface area contributed by atoms with Crippen LogP contribution in [-0.2, 0) is 10.1 Å². The standard InChI is InChI=1S/C30H21N3O7S.C2H6/c34-29(22-11-15-24(16-12-22)33(36)37)31-23-13-9-20(10-14-23)19-5-7-21(8-6-19)30(35)32-27-17-18-28(41(38,39)40)26-4-2-1-3-25(26)27;1-2/h1-18H,(H,31,34)(H,32,35)(H,38,39,40);1-2H3. The van der Waals surface area contributed by atoms with Crippen molar-refractivity contribution in [2.24, 2.45) is 0 Å². The Balaban J connectivity index is 0.00000207. The van der Waals surface area contributed by atoms with E-state index >= 15 is 0 Å². The Morgan fingerprint density at radius 2 is 1.16 bits per heavy atom. The van der Waals surface area contributed by atoms with Crippen molar-refractivity contribution in [1.29, 1.82) is 0 Å². The van der Waals surface area contributed by atoms with E-state index < -0.39 is 26.9 Å². The zero-order valence-corrected chi connectivity index (χ0v) is 24.0. The van der Waals surface area contributed by atoms with E-state index in [9.17, 15) is 32.7 Å². The molecule has 218 valence electrons. The lowest BCUT2D eigenvalue weighted by Gasteiger charge is -2.12. The van der Waals surface area contributed by atoms with Crippen molar-refractivity contribution >= 4 is 49.8 Å². The molecule has 0 bridgehead atoms. The van der Waals surface area contributed by atoms with Crippen LogP contribution < -0.4 is 10.6 Å². The number of nitro benzene ring substituents is 1. The zero-order valence-electron chi connectivity index (χ0n) is 23.1. The van der Waals surface area contributed by atoms with E-state index in [2.05, 4.69) is 10.6 Å². The van der Waals surface area contributed by atoms with Gasteiger partial charge in [-0.1, -0.05) is 62.4 Å². The van der Waals surface area contributed by atoms with Gasteiger partial charge < -0.3 is 10.6 Å². The topological polar surface area (TPSA) is 156 Å². The van der Waals surface area contributed by atoms with Crippen LogP contribution in [0.1, 0.15) is 34.6 Å². The normalized spacial score (nSPS) is 10.8. The predicted octanol–water partition coefficient (Wildman–Crippen LogP) is 7.19. The zero-order chi connectivity index (χ0) is 31.1. The van der Waals surface area contributed by atoms with Gasteiger partial charge in [-0.15, -0.1) is 0 Å². The van der Waals surface area contributed by atoms with Gasteiger partial charge in [0.1, 0.15) is 4.90 Å². The van der Waals surface area contributed by atoms with Gasteiger partial charge in [0.2, 0.25) is 0 Å². The first-order valence-corrected chi connectivity index (χ1v) is 14.6. The number of amides is 2. The maximum Gasteiger partial charge on any atom is 0.295 e. The summed E-state index contributed by atoms with van der Waals surface area (Å²) in [7, 11) is -4.44. The molecule has 0 radical (unpaired) electrons. The number of nitro groups is 1. The van der Waals surface area contributed by atoms with Gasteiger partial charge in [0.05, 0.1) is 4.92 Å². The number of non-ortho nitro benzene ring substituents is 1. The minimum Gasteiger partial charge on any atom is -0.322 e. The van der Waals surface area contributed by atoms with Crippen LogP contribution in [0.2, 0.25) is 0 Å². The van der Waals surface area contributed by atoms with E-state index in [1.807, 2.05) is 26.0 Å². The number of benzene rings is 5. The number of carbonyl (C=O) groups excluding carboxylic acids is 2. The SMILES string of the molecule is CC.O=C(Nc1ccc(-c2ccc(C(=O)Nc3ccc(S(=O)(=O)O)c4ccccc34)cc2)cc1)c1ccc([N+](=O)[O-])cc1. The summed E-state index contributed by atoms with van der Waals surface area (Å²) in [5, 5.41) is 17.1. The Bertz CT molecular complexity index is 1900. The number of rotatable bonds is 7. The van der Waals surface area contributed by atoms with Gasteiger partial charge in [-0.2, -0.15) is 8.42 Å². The number of hydrogen-bond donors (Lipinski definition) is 3. The fourth-order valence-corrected chi connectivity index (χ4v) is 4.99. The fraction of sp³-hybridized carbons (Fsp3) is 0.0625. The highest BCUT2D eigenvalue weighted by atomic mass is 32.2. The van der Waals surface area contributed by atoms with Crippen molar-refractivity contribution in [2.45, 2.75) is 18.7 Å². The van der Waals surface area contributed by atoms with E-state index in [1.54, 1.807) is 60.7 Å². The van der Waals surface area contributed by atoms with Gasteiger partial charge >= 0.3 is 0 Å². The summed E-state index contributed by atoms with van der Waals surface area (Å²) in [6.45, 7) is 4.00. The van der Waals surface area contributed by atoms with Crippen LogP contribution in [-0.4, -0.2) is 29.7 Å². The summed E-state index contributed by atoms with van der Waals surface area (Å²) in [5.74, 6) is -0.797. The average molecular weight is 598 g/mol. The summed E-state index contributed by atoms with van der Waals surface area (Å²) in [6, 6.07) is 28.5. The van der Waals surface area contributed by atoms with E-state index in [0.717, 1.165) is 11.1 Å². The molecular formula is C32H27N3O7S. The number of hydrogen-bond acceptors (Lipinski definition) is 6. The van der Waals surface area contributed by atoms with E-state index in [-0.39, 0.29) is 21.5 Å². The van der Waals surface area contributed by atoms with E-state index in [0.29, 0.717) is 22.3 Å². The van der Waals surface area contributed by atoms with Crippen molar-refractivity contribution < 1.29 is 27.5 Å². The molecule has 0 aliphatic heterocycles. The third kappa shape index (κ3) is 7.10. The van der Waals surface area contributed by atoms with Crippen molar-refractivity contribution in [1.82, 2.24) is 0 Å². The van der Waals surface area contributed by atoms with Gasteiger partial charge in [0, 0.05) is 45.4 Å². The summed E-state index contributed by atoms with van der Waals surface area (Å²) < 4.78 is 33.0. The molecule has 0 aromatic heterocycles. The molecule has 5 aromatic rings. The van der Waals surface area contributed by atoms with Gasteiger partial charge in [0.25, 0.3) is 27.6 Å².